The molecule has 1 rings (SSSR count). The molecule has 3 nitrogen and oxygen atoms in total. The van der Waals surface area contributed by atoms with E-state index in [1.54, 1.807) is 12.1 Å². The third-order valence-electron chi connectivity index (χ3n) is 1.99. The highest BCUT2D eigenvalue weighted by Gasteiger charge is 2.10. The zero-order valence-electron chi connectivity index (χ0n) is 9.10. The Hall–Kier alpha value is -0.290. The number of nitrogens with two attached hydrogens (primary N) is 1. The lowest BCUT2D eigenvalue weighted by Crippen LogP contribution is -2.18. The molecule has 0 saturated carbocycles. The van der Waals surface area contributed by atoms with Gasteiger partial charge in [-0.3, -0.25) is 0 Å². The van der Waals surface area contributed by atoms with Gasteiger partial charge in [-0.15, -0.1) is 12.4 Å². The molecular formula is C10H15Cl2NO2S. The molecule has 0 bridgehead atoms. The van der Waals surface area contributed by atoms with Crippen LogP contribution in [0.4, 0.5) is 0 Å². The van der Waals surface area contributed by atoms with Gasteiger partial charge >= 0.3 is 0 Å². The SMILES string of the molecule is CC(N)Cc1ccc(S(C)(=O)=O)cc1Cl.Cl. The molecule has 0 aliphatic carbocycles. The van der Waals surface area contributed by atoms with Gasteiger partial charge in [-0.2, -0.15) is 0 Å². The van der Waals surface area contributed by atoms with E-state index in [4.69, 9.17) is 17.3 Å². The lowest BCUT2D eigenvalue weighted by molar-refractivity contribution is 0.602. The molecule has 0 radical (unpaired) electrons. The third kappa shape index (κ3) is 4.29. The Kier molecular flexibility index (Phi) is 5.76. The van der Waals surface area contributed by atoms with Crippen molar-refractivity contribution in [1.82, 2.24) is 0 Å². The van der Waals surface area contributed by atoms with E-state index in [2.05, 4.69) is 0 Å². The van der Waals surface area contributed by atoms with E-state index in [1.807, 2.05) is 6.92 Å². The largest absolute Gasteiger partial charge is 0.328 e. The fourth-order valence-corrected chi connectivity index (χ4v) is 2.24. The summed E-state index contributed by atoms with van der Waals surface area (Å²) in [5.74, 6) is 0. The van der Waals surface area contributed by atoms with Gasteiger partial charge in [0.2, 0.25) is 0 Å². The van der Waals surface area contributed by atoms with Crippen LogP contribution in [0.15, 0.2) is 23.1 Å². The van der Waals surface area contributed by atoms with Crippen molar-refractivity contribution < 1.29 is 8.42 Å². The Balaban J connectivity index is 0.00000225. The summed E-state index contributed by atoms with van der Waals surface area (Å²) in [6.07, 6.45) is 1.80. The fraction of sp³-hybridized carbons (Fsp3) is 0.400. The minimum atomic E-state index is -3.19. The maximum atomic E-state index is 11.2. The summed E-state index contributed by atoms with van der Waals surface area (Å²) in [5, 5.41) is 0.454. The molecule has 1 aromatic carbocycles. The van der Waals surface area contributed by atoms with Crippen LogP contribution >= 0.6 is 24.0 Å². The number of sulfone groups is 1. The molecular weight excluding hydrogens is 269 g/mol. The lowest BCUT2D eigenvalue weighted by atomic mass is 10.1. The Labute approximate surface area is 107 Å². The highest BCUT2D eigenvalue weighted by Crippen LogP contribution is 2.21. The number of hydrogen-bond acceptors (Lipinski definition) is 3. The molecule has 0 aromatic heterocycles. The molecule has 0 saturated heterocycles. The maximum absolute atomic E-state index is 11.2. The second kappa shape index (κ2) is 5.87. The minimum Gasteiger partial charge on any atom is -0.328 e. The fourth-order valence-electron chi connectivity index (χ4n) is 1.27. The van der Waals surface area contributed by atoms with Crippen LogP contribution in [0.25, 0.3) is 0 Å². The van der Waals surface area contributed by atoms with Gasteiger partial charge in [-0.1, -0.05) is 17.7 Å². The molecule has 16 heavy (non-hydrogen) atoms. The highest BCUT2D eigenvalue weighted by molar-refractivity contribution is 7.90. The van der Waals surface area contributed by atoms with Crippen molar-refractivity contribution in [3.8, 4) is 0 Å². The summed E-state index contributed by atoms with van der Waals surface area (Å²) in [6, 6.07) is 4.74. The Morgan fingerprint density at radius 2 is 2.00 bits per heavy atom. The summed E-state index contributed by atoms with van der Waals surface area (Å²) in [7, 11) is -3.19. The van der Waals surface area contributed by atoms with Crippen molar-refractivity contribution in [2.45, 2.75) is 24.3 Å². The molecule has 2 N–H and O–H groups in total. The van der Waals surface area contributed by atoms with Crippen LogP contribution in [0.3, 0.4) is 0 Å². The molecule has 0 fully saturated rings. The predicted molar refractivity (Wildman–Crippen MR) is 69.2 cm³/mol. The number of benzene rings is 1. The summed E-state index contributed by atoms with van der Waals surface area (Å²) in [6.45, 7) is 1.88. The molecule has 0 spiro atoms. The van der Waals surface area contributed by atoms with Crippen molar-refractivity contribution >= 4 is 33.8 Å². The van der Waals surface area contributed by atoms with Crippen LogP contribution in [0, 0.1) is 0 Å². The van der Waals surface area contributed by atoms with Gasteiger partial charge in [0, 0.05) is 17.3 Å². The smallest absolute Gasteiger partial charge is 0.175 e. The summed E-state index contributed by atoms with van der Waals surface area (Å²) in [5.41, 5.74) is 6.51. The van der Waals surface area contributed by atoms with Crippen LogP contribution in [0.1, 0.15) is 12.5 Å². The third-order valence-corrected chi connectivity index (χ3v) is 3.46. The van der Waals surface area contributed by atoms with Gasteiger partial charge in [-0.05, 0) is 31.0 Å². The van der Waals surface area contributed by atoms with Crippen LogP contribution in [0.2, 0.25) is 5.02 Å². The van der Waals surface area contributed by atoms with Gasteiger partial charge in [0.15, 0.2) is 9.84 Å². The summed E-state index contributed by atoms with van der Waals surface area (Å²) in [4.78, 5) is 0.237. The van der Waals surface area contributed by atoms with Crippen molar-refractivity contribution in [3.63, 3.8) is 0 Å². The van der Waals surface area contributed by atoms with Gasteiger partial charge in [-0.25, -0.2) is 8.42 Å². The van der Waals surface area contributed by atoms with Crippen LogP contribution in [-0.4, -0.2) is 20.7 Å². The first-order chi connectivity index (χ1) is 6.80. The van der Waals surface area contributed by atoms with Gasteiger partial charge in [0.05, 0.1) is 4.90 Å². The monoisotopic (exact) mass is 283 g/mol. The molecule has 0 aliphatic rings. The maximum Gasteiger partial charge on any atom is 0.175 e. The molecule has 0 aliphatic heterocycles. The number of hydrogen-bond donors (Lipinski definition) is 1. The van der Waals surface area contributed by atoms with Crippen molar-refractivity contribution in [2.24, 2.45) is 5.73 Å². The average Bonchev–Trinajstić information content (AvgIpc) is 2.05. The minimum absolute atomic E-state index is 0. The van der Waals surface area contributed by atoms with E-state index in [9.17, 15) is 8.42 Å². The zero-order valence-corrected chi connectivity index (χ0v) is 11.5. The molecule has 1 unspecified atom stereocenters. The first-order valence-corrected chi connectivity index (χ1v) is 6.81. The van der Waals surface area contributed by atoms with Crippen molar-refractivity contribution in [2.75, 3.05) is 6.26 Å². The van der Waals surface area contributed by atoms with Gasteiger partial charge in [0.1, 0.15) is 0 Å². The summed E-state index contributed by atoms with van der Waals surface area (Å²) < 4.78 is 22.5. The van der Waals surface area contributed by atoms with E-state index in [1.165, 1.54) is 6.07 Å². The van der Waals surface area contributed by atoms with E-state index < -0.39 is 9.84 Å². The second-order valence-electron chi connectivity index (χ2n) is 3.71. The zero-order chi connectivity index (χ0) is 11.6. The Bertz CT molecular complexity index is 458. The predicted octanol–water partition coefficient (Wildman–Crippen LogP) is 2.06. The number of rotatable bonds is 3. The Morgan fingerprint density at radius 3 is 2.38 bits per heavy atom. The van der Waals surface area contributed by atoms with Crippen molar-refractivity contribution in [3.05, 3.63) is 28.8 Å². The Morgan fingerprint density at radius 1 is 1.44 bits per heavy atom. The first-order valence-electron chi connectivity index (χ1n) is 4.55. The topological polar surface area (TPSA) is 60.2 Å². The summed E-state index contributed by atoms with van der Waals surface area (Å²) >= 11 is 5.96. The van der Waals surface area contributed by atoms with E-state index in [-0.39, 0.29) is 23.3 Å². The second-order valence-corrected chi connectivity index (χ2v) is 6.13. The van der Waals surface area contributed by atoms with E-state index in [0.717, 1.165) is 11.8 Å². The number of halogens is 2. The molecule has 0 amide bonds. The molecule has 1 atom stereocenters. The van der Waals surface area contributed by atoms with Crippen molar-refractivity contribution in [1.29, 1.82) is 0 Å². The van der Waals surface area contributed by atoms with Gasteiger partial charge < -0.3 is 5.73 Å². The standard InChI is InChI=1S/C10H14ClNO2S.ClH/c1-7(12)5-8-3-4-9(6-10(8)11)15(2,13)14;/h3-4,6-7H,5,12H2,1-2H3;1H. The highest BCUT2D eigenvalue weighted by atomic mass is 35.5. The first kappa shape index (κ1) is 15.7. The molecule has 1 aromatic rings. The molecule has 92 valence electrons. The normalized spacial score (nSPS) is 13.0. The lowest BCUT2D eigenvalue weighted by Gasteiger charge is -2.08. The molecule has 6 heteroatoms. The van der Waals surface area contributed by atoms with E-state index >= 15 is 0 Å². The quantitative estimate of drug-likeness (QED) is 0.924. The van der Waals surface area contributed by atoms with Crippen LogP contribution in [0.5, 0.6) is 0 Å². The van der Waals surface area contributed by atoms with Crippen LogP contribution in [-0.2, 0) is 16.3 Å². The van der Waals surface area contributed by atoms with Gasteiger partial charge in [0.25, 0.3) is 0 Å². The average molecular weight is 284 g/mol. The van der Waals surface area contributed by atoms with Crippen LogP contribution < -0.4 is 5.73 Å². The van der Waals surface area contributed by atoms with E-state index in [0.29, 0.717) is 11.4 Å². The molecule has 0 heterocycles.